The summed E-state index contributed by atoms with van der Waals surface area (Å²) in [5, 5.41) is 0. The predicted molar refractivity (Wildman–Crippen MR) is 190 cm³/mol. The van der Waals surface area contributed by atoms with Crippen LogP contribution < -0.4 is 0 Å². The minimum atomic E-state index is -1.98. The number of hydrogen-bond donors (Lipinski definition) is 0. The molecule has 9 nitrogen and oxygen atoms in total. The van der Waals surface area contributed by atoms with E-state index in [0.717, 1.165) is 71.4 Å². The van der Waals surface area contributed by atoms with Gasteiger partial charge in [-0.05, 0) is 151 Å². The first-order valence-corrected chi connectivity index (χ1v) is 22.6. The van der Waals surface area contributed by atoms with E-state index in [0.29, 0.717) is 0 Å². The molecule has 0 bridgehead atoms. The Morgan fingerprint density at radius 1 is 0.535 bits per heavy atom. The molecule has 1 aliphatic heterocycles. The van der Waals surface area contributed by atoms with E-state index >= 15 is 0 Å². The van der Waals surface area contributed by atoms with Crippen LogP contribution in [-0.4, -0.2) is 174 Å². The first-order chi connectivity index (χ1) is 20.4. The van der Waals surface area contributed by atoms with Gasteiger partial charge in [-0.1, -0.05) is 0 Å². The van der Waals surface area contributed by atoms with E-state index in [-0.39, 0.29) is 0 Å². The molecule has 43 heavy (non-hydrogen) atoms. The van der Waals surface area contributed by atoms with Crippen molar-refractivity contribution in [3.8, 4) is 0 Å². The Morgan fingerprint density at radius 2 is 0.930 bits per heavy atom. The topological polar surface area (TPSA) is 47.1 Å². The smallest absolute Gasteiger partial charge is 0.334 e. The monoisotopic (exact) mass is 645 g/mol. The molecule has 0 spiro atoms. The Bertz CT molecular complexity index is 713. The van der Waals surface area contributed by atoms with Crippen LogP contribution in [0.1, 0.15) is 38.5 Å². The summed E-state index contributed by atoms with van der Waals surface area (Å²) in [7, 11) is 10.7. The lowest BCUT2D eigenvalue weighted by Crippen LogP contribution is -2.39. The van der Waals surface area contributed by atoms with E-state index in [1.165, 1.54) is 57.8 Å². The van der Waals surface area contributed by atoms with E-state index in [1.54, 1.807) is 14.2 Å². The summed E-state index contributed by atoms with van der Waals surface area (Å²) in [5.41, 5.74) is 0. The van der Waals surface area contributed by atoms with Gasteiger partial charge in [0.1, 0.15) is 0 Å². The van der Waals surface area contributed by atoms with Gasteiger partial charge in [-0.15, -0.1) is 0 Å². The van der Waals surface area contributed by atoms with Crippen molar-refractivity contribution in [3.05, 3.63) is 12.4 Å². The highest BCUT2D eigenvalue weighted by Gasteiger charge is 2.28. The van der Waals surface area contributed by atoms with Crippen molar-refractivity contribution in [2.75, 3.05) is 128 Å². The highest BCUT2D eigenvalue weighted by molar-refractivity contribution is 6.71. The maximum absolute atomic E-state index is 5.78. The van der Waals surface area contributed by atoms with Crippen molar-refractivity contribution >= 4 is 16.9 Å². The lowest BCUT2D eigenvalue weighted by molar-refractivity contribution is 0.209. The summed E-state index contributed by atoms with van der Waals surface area (Å²) < 4.78 is 17.2. The summed E-state index contributed by atoms with van der Waals surface area (Å²) in [5.74, 6) is 0. The molecule has 0 aromatic rings. The second kappa shape index (κ2) is 22.9. The molecular formula is C32H72N6O3Si2. The van der Waals surface area contributed by atoms with Crippen molar-refractivity contribution < 1.29 is 13.3 Å². The molecule has 1 rings (SSSR count). The normalized spacial score (nSPS) is 14.8. The minimum Gasteiger partial charge on any atom is -0.420 e. The van der Waals surface area contributed by atoms with Crippen molar-refractivity contribution in [1.29, 1.82) is 0 Å². The predicted octanol–water partition coefficient (Wildman–Crippen LogP) is 4.36. The molecule has 0 saturated carbocycles. The average Bonchev–Trinajstić information content (AvgIpc) is 2.97. The summed E-state index contributed by atoms with van der Waals surface area (Å²) in [4.78, 5) is 15.0. The van der Waals surface area contributed by atoms with E-state index in [1.807, 2.05) is 7.11 Å². The molecule has 0 amide bonds. The molecule has 0 aromatic carbocycles. The molecule has 1 heterocycles. The molecule has 256 valence electrons. The molecule has 0 fully saturated rings. The largest absolute Gasteiger partial charge is 0.420 e. The van der Waals surface area contributed by atoms with Gasteiger partial charge in [0.05, 0.1) is 0 Å². The Balaban J connectivity index is 2.43. The number of hydrogen-bond acceptors (Lipinski definition) is 9. The van der Waals surface area contributed by atoms with Gasteiger partial charge < -0.3 is 42.7 Å². The number of nitrogens with zero attached hydrogens (tertiary/aromatic N) is 6. The van der Waals surface area contributed by atoms with Crippen LogP contribution in [0.4, 0.5) is 0 Å². The highest BCUT2D eigenvalue weighted by Crippen LogP contribution is 2.15. The lowest BCUT2D eigenvalue weighted by atomic mass is 10.2. The van der Waals surface area contributed by atoms with Crippen molar-refractivity contribution in [3.63, 3.8) is 0 Å². The summed E-state index contributed by atoms with van der Waals surface area (Å²) >= 11 is 0. The molecule has 11 heteroatoms. The van der Waals surface area contributed by atoms with E-state index < -0.39 is 16.9 Å². The van der Waals surface area contributed by atoms with Gasteiger partial charge in [-0.2, -0.15) is 0 Å². The zero-order chi connectivity index (χ0) is 32.1. The molecule has 0 aliphatic carbocycles. The third-order valence-electron chi connectivity index (χ3n) is 8.94. The summed E-state index contributed by atoms with van der Waals surface area (Å²) in [6.07, 6.45) is 12.0. The Kier molecular flexibility index (Phi) is 21.6. The van der Waals surface area contributed by atoms with Gasteiger partial charge >= 0.3 is 8.56 Å². The second-order valence-electron chi connectivity index (χ2n) is 13.8. The maximum Gasteiger partial charge on any atom is 0.334 e. The van der Waals surface area contributed by atoms with Gasteiger partial charge in [0, 0.05) is 59.9 Å². The fourth-order valence-corrected chi connectivity index (χ4v) is 8.18. The zero-order valence-electron chi connectivity index (χ0n) is 30.2. The molecule has 0 atom stereocenters. The molecule has 0 aromatic heterocycles. The van der Waals surface area contributed by atoms with Gasteiger partial charge in [-0.25, -0.2) is 0 Å². The average molecular weight is 645 g/mol. The standard InChI is InChI=1S/C32H72N6O3Si2/c1-33(2)17-11-19-35(25-15-31-42(8,9)39-5)21-13-23-37-27-29-38(30-28-37)24-14-22-36(20-12-18-34(3)4)26-16-32-43(10,40-6)41-7/h27,29H,11-26,28,30-32H2,1-10H3. The van der Waals surface area contributed by atoms with Gasteiger partial charge in [0.15, 0.2) is 8.32 Å². The van der Waals surface area contributed by atoms with Gasteiger partial charge in [0.2, 0.25) is 0 Å². The third-order valence-corrected chi connectivity index (χ3v) is 14.6. The third kappa shape index (κ3) is 20.3. The van der Waals surface area contributed by atoms with Crippen molar-refractivity contribution in [2.24, 2.45) is 0 Å². The minimum absolute atomic E-state index is 1.05. The zero-order valence-corrected chi connectivity index (χ0v) is 32.2. The van der Waals surface area contributed by atoms with Crippen molar-refractivity contribution in [2.45, 2.75) is 70.3 Å². The van der Waals surface area contributed by atoms with Crippen LogP contribution >= 0.6 is 0 Å². The molecular weight excluding hydrogens is 573 g/mol. The Hall–Kier alpha value is -0.506. The van der Waals surface area contributed by atoms with Crippen LogP contribution in [0.3, 0.4) is 0 Å². The van der Waals surface area contributed by atoms with Gasteiger partial charge in [-0.3, -0.25) is 0 Å². The fraction of sp³-hybridized carbons (Fsp3) is 0.938. The SMILES string of the molecule is CO[Si](C)(C)CCCN(CCCN(C)C)CCCN1C=CN(CCCN(CCCN(C)C)CCC[Si](C)(OC)OC)CC1. The fourth-order valence-electron chi connectivity index (χ4n) is 5.60. The second-order valence-corrected chi connectivity index (χ2v) is 21.8. The highest BCUT2D eigenvalue weighted by atomic mass is 28.4. The summed E-state index contributed by atoms with van der Waals surface area (Å²) in [6.45, 7) is 20.7. The van der Waals surface area contributed by atoms with Gasteiger partial charge in [0.25, 0.3) is 0 Å². The van der Waals surface area contributed by atoms with E-state index in [9.17, 15) is 0 Å². The van der Waals surface area contributed by atoms with E-state index in [4.69, 9.17) is 13.3 Å². The molecule has 0 N–H and O–H groups in total. The number of rotatable bonds is 27. The molecule has 0 radical (unpaired) electrons. The molecule has 1 aliphatic rings. The van der Waals surface area contributed by atoms with Crippen LogP contribution in [0.25, 0.3) is 0 Å². The first-order valence-electron chi connectivity index (χ1n) is 17.0. The molecule has 0 saturated heterocycles. The quantitative estimate of drug-likeness (QED) is 0.122. The first kappa shape index (κ1) is 40.5. The van der Waals surface area contributed by atoms with Crippen LogP contribution in [0, 0.1) is 0 Å². The Labute approximate surface area is 269 Å². The molecule has 0 unspecified atom stereocenters. The van der Waals surface area contributed by atoms with Crippen LogP contribution in [0.15, 0.2) is 12.4 Å². The lowest BCUT2D eigenvalue weighted by Gasteiger charge is -2.33. The van der Waals surface area contributed by atoms with Crippen LogP contribution in [-0.2, 0) is 13.3 Å². The van der Waals surface area contributed by atoms with Crippen LogP contribution in [0.2, 0.25) is 31.7 Å². The van der Waals surface area contributed by atoms with Crippen molar-refractivity contribution in [1.82, 2.24) is 29.4 Å². The van der Waals surface area contributed by atoms with Crippen LogP contribution in [0.5, 0.6) is 0 Å². The summed E-state index contributed by atoms with van der Waals surface area (Å²) in [6, 6.07) is 2.30. The maximum atomic E-state index is 5.78. The van der Waals surface area contributed by atoms with E-state index in [2.05, 4.69) is 89.6 Å². The Morgan fingerprint density at radius 3 is 1.30 bits per heavy atom.